The molecule has 0 atom stereocenters. The van der Waals surface area contributed by atoms with Crippen molar-refractivity contribution in [1.82, 2.24) is 10.1 Å². The van der Waals surface area contributed by atoms with Crippen LogP contribution in [0.5, 0.6) is 0 Å². The van der Waals surface area contributed by atoms with E-state index in [4.69, 9.17) is 11.0 Å². The molecule has 1 aromatic carbocycles. The minimum Gasteiger partial charge on any atom is -0.350 e. The van der Waals surface area contributed by atoms with E-state index in [0.717, 1.165) is 4.90 Å². The molecule has 0 saturated heterocycles. The van der Waals surface area contributed by atoms with Gasteiger partial charge < -0.3 is 5.73 Å². The Morgan fingerprint density at radius 1 is 1.25 bits per heavy atom. The Bertz CT molecular complexity index is 1240. The first-order chi connectivity index (χ1) is 13.6. The lowest BCUT2D eigenvalue weighted by Crippen LogP contribution is -2.31. The number of H-pyrrole nitrogens is 1. The summed E-state index contributed by atoms with van der Waals surface area (Å²) < 4.78 is 1.68. The molecular weight excluding hydrogens is 376 g/mol. The zero-order valence-corrected chi connectivity index (χ0v) is 15.2. The number of carbonyl (C=O) groups excluding carboxylic acids is 2. The molecule has 9 heteroatoms. The number of benzene rings is 1. The smallest absolute Gasteiger partial charge is 0.350 e. The first-order valence-corrected chi connectivity index (χ1v) is 9.04. The molecule has 4 aromatic rings. The predicted octanol–water partition coefficient (Wildman–Crippen LogP) is 2.47. The van der Waals surface area contributed by atoms with Gasteiger partial charge in [-0.25, -0.2) is 9.89 Å². The van der Waals surface area contributed by atoms with E-state index in [9.17, 15) is 9.59 Å². The Morgan fingerprint density at radius 3 is 2.82 bits per heavy atom. The van der Waals surface area contributed by atoms with E-state index in [-0.39, 0.29) is 5.78 Å². The third-order valence-corrected chi connectivity index (χ3v) is 5.04. The van der Waals surface area contributed by atoms with Crippen molar-refractivity contribution >= 4 is 34.5 Å². The van der Waals surface area contributed by atoms with E-state index in [1.165, 1.54) is 11.3 Å². The number of ketones is 1. The molecule has 4 rings (SSSR count). The molecule has 0 aliphatic carbocycles. The molecule has 8 nitrogen and oxygen atoms in total. The van der Waals surface area contributed by atoms with Gasteiger partial charge in [-0.3, -0.25) is 4.79 Å². The van der Waals surface area contributed by atoms with Crippen LogP contribution in [0.4, 0.5) is 10.5 Å². The second kappa shape index (κ2) is 6.94. The maximum atomic E-state index is 12.7. The number of anilines is 1. The summed E-state index contributed by atoms with van der Waals surface area (Å²) in [4.78, 5) is 29.9. The van der Waals surface area contributed by atoms with Crippen molar-refractivity contribution in [1.29, 1.82) is 5.26 Å². The van der Waals surface area contributed by atoms with Crippen molar-refractivity contribution < 1.29 is 14.1 Å². The van der Waals surface area contributed by atoms with Gasteiger partial charge >= 0.3 is 11.7 Å². The topological polar surface area (TPSA) is 120 Å². The van der Waals surface area contributed by atoms with Crippen LogP contribution in [0.3, 0.4) is 0 Å². The highest BCUT2D eigenvalue weighted by Gasteiger charge is 2.24. The average molecular weight is 389 g/mol. The number of aromatic nitrogens is 3. The SMILES string of the molecule is N#CN(C(N)=O)c1cccc(-c2ccnc3c(C(=O)c4cccs4)c[nH][n+]23)c1. The zero-order valence-electron chi connectivity index (χ0n) is 14.4. The molecule has 28 heavy (non-hydrogen) atoms. The molecular formula is C19H13N6O2S+. The van der Waals surface area contributed by atoms with E-state index in [2.05, 4.69) is 10.1 Å². The van der Waals surface area contributed by atoms with E-state index in [0.29, 0.717) is 33.0 Å². The monoisotopic (exact) mass is 389 g/mol. The Balaban J connectivity index is 1.82. The maximum absolute atomic E-state index is 12.7. The van der Waals surface area contributed by atoms with Gasteiger partial charge in [-0.15, -0.1) is 15.9 Å². The number of hydrogen-bond donors (Lipinski definition) is 2. The van der Waals surface area contributed by atoms with Gasteiger partial charge in [0.15, 0.2) is 11.9 Å². The summed E-state index contributed by atoms with van der Waals surface area (Å²) in [5, 5.41) is 14.1. The molecule has 3 N–H and O–H groups in total. The fourth-order valence-corrected chi connectivity index (χ4v) is 3.59. The van der Waals surface area contributed by atoms with Crippen LogP contribution >= 0.6 is 11.3 Å². The molecule has 0 radical (unpaired) electrons. The fourth-order valence-electron chi connectivity index (χ4n) is 2.91. The summed E-state index contributed by atoms with van der Waals surface area (Å²) in [6.45, 7) is 0. The molecule has 2 amide bonds. The summed E-state index contributed by atoms with van der Waals surface area (Å²) in [6, 6.07) is 11.3. The molecule has 3 heterocycles. The number of primary amides is 1. The number of fused-ring (bicyclic) bond motifs is 1. The van der Waals surface area contributed by atoms with Crippen LogP contribution in [0, 0.1) is 11.5 Å². The third kappa shape index (κ3) is 2.87. The van der Waals surface area contributed by atoms with Crippen LogP contribution in [0.25, 0.3) is 16.9 Å². The van der Waals surface area contributed by atoms with Crippen LogP contribution in [0.2, 0.25) is 0 Å². The molecule has 0 saturated carbocycles. The summed E-state index contributed by atoms with van der Waals surface area (Å²) in [5.41, 5.74) is 7.95. The first kappa shape index (κ1) is 17.4. The number of hydrogen-bond acceptors (Lipinski definition) is 5. The number of nitrogens with zero attached hydrogens (tertiary/aromatic N) is 4. The number of thiophene rings is 1. The van der Waals surface area contributed by atoms with E-state index < -0.39 is 6.03 Å². The molecule has 3 aromatic heterocycles. The van der Waals surface area contributed by atoms with Crippen molar-refractivity contribution in [2.24, 2.45) is 5.73 Å². The largest absolute Gasteiger partial charge is 0.359 e. The van der Waals surface area contributed by atoms with Gasteiger partial charge in [0.05, 0.1) is 16.8 Å². The minimum atomic E-state index is -0.865. The average Bonchev–Trinajstić information content (AvgIpc) is 3.38. The number of urea groups is 1. The molecule has 136 valence electrons. The quantitative estimate of drug-likeness (QED) is 0.241. The number of nitriles is 1. The Labute approximate surface area is 163 Å². The minimum absolute atomic E-state index is 0.114. The lowest BCUT2D eigenvalue weighted by atomic mass is 10.1. The van der Waals surface area contributed by atoms with Gasteiger partial charge in [-0.2, -0.15) is 10.2 Å². The van der Waals surface area contributed by atoms with Crippen molar-refractivity contribution in [2.45, 2.75) is 0 Å². The lowest BCUT2D eigenvalue weighted by Gasteiger charge is -2.11. The standard InChI is InChI=1S/C19H12N6O2S/c20-11-24(19(21)27)13-4-1-3-12(9-13)15-6-7-22-18-14(10-23-25(15)18)17(26)16-5-2-8-28-16/h1-10H,(H2,21,27)/p+1. The maximum Gasteiger partial charge on any atom is 0.359 e. The summed E-state index contributed by atoms with van der Waals surface area (Å²) >= 11 is 1.37. The molecule has 0 aliphatic heterocycles. The molecule has 0 aliphatic rings. The van der Waals surface area contributed by atoms with Crippen molar-refractivity contribution in [3.63, 3.8) is 0 Å². The zero-order chi connectivity index (χ0) is 19.7. The normalized spacial score (nSPS) is 10.5. The molecule has 0 fully saturated rings. The number of amides is 2. The number of nitrogens with two attached hydrogens (primary N) is 1. The summed E-state index contributed by atoms with van der Waals surface area (Å²) in [5.74, 6) is -0.114. The Kier molecular flexibility index (Phi) is 4.31. The number of rotatable bonds is 4. The first-order valence-electron chi connectivity index (χ1n) is 8.16. The summed E-state index contributed by atoms with van der Waals surface area (Å²) in [7, 11) is 0. The summed E-state index contributed by atoms with van der Waals surface area (Å²) in [6.07, 6.45) is 4.97. The lowest BCUT2D eigenvalue weighted by molar-refractivity contribution is -0.567. The van der Waals surface area contributed by atoms with Gasteiger partial charge in [0.2, 0.25) is 5.78 Å². The molecule has 0 bridgehead atoms. The van der Waals surface area contributed by atoms with Gasteiger partial charge in [-0.1, -0.05) is 18.2 Å². The van der Waals surface area contributed by atoms with Crippen LogP contribution in [-0.2, 0) is 0 Å². The highest BCUT2D eigenvalue weighted by Crippen LogP contribution is 2.23. The van der Waals surface area contributed by atoms with Crippen molar-refractivity contribution in [3.05, 3.63) is 70.7 Å². The highest BCUT2D eigenvalue weighted by molar-refractivity contribution is 7.12. The van der Waals surface area contributed by atoms with E-state index in [1.807, 2.05) is 17.5 Å². The van der Waals surface area contributed by atoms with Crippen LogP contribution in [-0.4, -0.2) is 21.9 Å². The van der Waals surface area contributed by atoms with Gasteiger partial charge in [0.1, 0.15) is 11.8 Å². The van der Waals surface area contributed by atoms with E-state index >= 15 is 0 Å². The predicted molar refractivity (Wildman–Crippen MR) is 103 cm³/mol. The molecule has 0 unspecified atom stereocenters. The van der Waals surface area contributed by atoms with Crippen molar-refractivity contribution in [3.8, 4) is 17.5 Å². The van der Waals surface area contributed by atoms with Crippen LogP contribution < -0.4 is 15.1 Å². The van der Waals surface area contributed by atoms with E-state index in [1.54, 1.807) is 53.4 Å². The van der Waals surface area contributed by atoms with Gasteiger partial charge in [-0.05, 0) is 28.6 Å². The van der Waals surface area contributed by atoms with Gasteiger partial charge in [0, 0.05) is 11.6 Å². The number of carbonyl (C=O) groups is 2. The molecule has 0 spiro atoms. The second-order valence-corrected chi connectivity index (χ2v) is 6.75. The van der Waals surface area contributed by atoms with Crippen LogP contribution in [0.1, 0.15) is 15.2 Å². The Morgan fingerprint density at radius 2 is 2.11 bits per heavy atom. The number of aromatic amines is 1. The van der Waals surface area contributed by atoms with Crippen LogP contribution in [0.15, 0.2) is 60.2 Å². The van der Waals surface area contributed by atoms with Crippen molar-refractivity contribution in [2.75, 3.05) is 4.90 Å². The highest BCUT2D eigenvalue weighted by atomic mass is 32.1. The second-order valence-electron chi connectivity index (χ2n) is 5.81. The third-order valence-electron chi connectivity index (χ3n) is 4.17. The fraction of sp³-hybridized carbons (Fsp3) is 0. The van der Waals surface area contributed by atoms with Gasteiger partial charge in [0.25, 0.3) is 0 Å². The Hall–Kier alpha value is -4.03. The number of nitrogens with one attached hydrogen (secondary N) is 1.